The average molecular weight is 200 g/mol. The second-order valence-corrected chi connectivity index (χ2v) is 4.18. The molecule has 0 saturated carbocycles. The van der Waals surface area contributed by atoms with E-state index >= 15 is 0 Å². The Kier molecular flexibility index (Phi) is 3.50. The molecule has 1 rings (SSSR count). The Balaban J connectivity index is 2.54. The van der Waals surface area contributed by atoms with Crippen LogP contribution in [0.4, 0.5) is 0 Å². The van der Waals surface area contributed by atoms with Crippen LogP contribution in [-0.2, 0) is 9.53 Å². The number of ether oxygens (including phenoxy) is 1. The summed E-state index contributed by atoms with van der Waals surface area (Å²) in [5, 5.41) is 2.97. The maximum Gasteiger partial charge on any atom is 0.237 e. The molecule has 0 spiro atoms. The van der Waals surface area contributed by atoms with Gasteiger partial charge in [-0.1, -0.05) is 6.92 Å². The second kappa shape index (κ2) is 4.28. The van der Waals surface area contributed by atoms with Gasteiger partial charge in [0, 0.05) is 6.61 Å². The van der Waals surface area contributed by atoms with Gasteiger partial charge in [0.2, 0.25) is 5.91 Å². The van der Waals surface area contributed by atoms with Crippen LogP contribution in [0.2, 0.25) is 0 Å². The summed E-state index contributed by atoms with van der Waals surface area (Å²) >= 11 is 0. The van der Waals surface area contributed by atoms with Gasteiger partial charge in [-0.25, -0.2) is 0 Å². The number of hydrogen-bond acceptors (Lipinski definition) is 3. The summed E-state index contributed by atoms with van der Waals surface area (Å²) in [6.07, 6.45) is 1.59. The summed E-state index contributed by atoms with van der Waals surface area (Å²) in [7, 11) is 0. The van der Waals surface area contributed by atoms with Crippen molar-refractivity contribution in [1.82, 2.24) is 5.32 Å². The van der Waals surface area contributed by atoms with Crippen molar-refractivity contribution in [1.29, 1.82) is 0 Å². The molecule has 0 aliphatic carbocycles. The van der Waals surface area contributed by atoms with Gasteiger partial charge in [0.05, 0.1) is 17.7 Å². The molecule has 4 heteroatoms. The van der Waals surface area contributed by atoms with Crippen LogP contribution < -0.4 is 11.1 Å². The number of nitrogens with two attached hydrogens (primary N) is 1. The standard InChI is InChI=1S/C10H20N2O2/c1-4-8(11)9(13)12-10(3)5-6-14-7(10)2/h7-8H,4-6,11H2,1-3H3,(H,12,13). The summed E-state index contributed by atoms with van der Waals surface area (Å²) in [5.74, 6) is -0.0765. The van der Waals surface area contributed by atoms with E-state index in [0.29, 0.717) is 13.0 Å². The Bertz CT molecular complexity index is 220. The summed E-state index contributed by atoms with van der Waals surface area (Å²) < 4.78 is 5.43. The first-order chi connectivity index (χ1) is 6.49. The highest BCUT2D eigenvalue weighted by molar-refractivity contribution is 5.82. The fourth-order valence-electron chi connectivity index (χ4n) is 1.56. The molecule has 3 atom stereocenters. The van der Waals surface area contributed by atoms with Gasteiger partial charge in [-0.05, 0) is 26.7 Å². The largest absolute Gasteiger partial charge is 0.376 e. The van der Waals surface area contributed by atoms with Gasteiger partial charge in [-0.2, -0.15) is 0 Å². The summed E-state index contributed by atoms with van der Waals surface area (Å²) in [6, 6.07) is -0.403. The molecule has 1 aliphatic heterocycles. The van der Waals surface area contributed by atoms with Crippen LogP contribution in [0.1, 0.15) is 33.6 Å². The quantitative estimate of drug-likeness (QED) is 0.693. The summed E-state index contributed by atoms with van der Waals surface area (Å²) in [5.41, 5.74) is 5.40. The molecule has 0 bridgehead atoms. The number of nitrogens with one attached hydrogen (secondary N) is 1. The predicted molar refractivity (Wildman–Crippen MR) is 54.8 cm³/mol. The molecule has 82 valence electrons. The Labute approximate surface area is 85.2 Å². The molecule has 1 saturated heterocycles. The number of rotatable bonds is 3. The van der Waals surface area contributed by atoms with Gasteiger partial charge in [-0.3, -0.25) is 4.79 Å². The number of hydrogen-bond donors (Lipinski definition) is 2. The molecule has 0 aromatic carbocycles. The monoisotopic (exact) mass is 200 g/mol. The van der Waals surface area contributed by atoms with Crippen LogP contribution in [0.15, 0.2) is 0 Å². The minimum atomic E-state index is -0.403. The molecular formula is C10H20N2O2. The molecule has 0 aromatic rings. The van der Waals surface area contributed by atoms with E-state index in [-0.39, 0.29) is 17.6 Å². The van der Waals surface area contributed by atoms with Crippen molar-refractivity contribution in [2.75, 3.05) is 6.61 Å². The van der Waals surface area contributed by atoms with Gasteiger partial charge < -0.3 is 15.8 Å². The minimum absolute atomic E-state index is 0.0653. The molecule has 3 N–H and O–H groups in total. The zero-order chi connectivity index (χ0) is 10.8. The highest BCUT2D eigenvalue weighted by atomic mass is 16.5. The molecular weight excluding hydrogens is 180 g/mol. The lowest BCUT2D eigenvalue weighted by atomic mass is 9.94. The van der Waals surface area contributed by atoms with E-state index in [1.807, 2.05) is 20.8 Å². The molecule has 0 aromatic heterocycles. The molecule has 0 radical (unpaired) electrons. The van der Waals surface area contributed by atoms with Crippen molar-refractivity contribution in [2.45, 2.75) is 51.3 Å². The van der Waals surface area contributed by atoms with E-state index in [2.05, 4.69) is 5.32 Å². The zero-order valence-corrected chi connectivity index (χ0v) is 9.17. The van der Waals surface area contributed by atoms with Gasteiger partial charge in [-0.15, -0.1) is 0 Å². The van der Waals surface area contributed by atoms with Crippen LogP contribution in [-0.4, -0.2) is 30.2 Å². The Morgan fingerprint density at radius 2 is 2.43 bits per heavy atom. The van der Waals surface area contributed by atoms with Crippen molar-refractivity contribution in [2.24, 2.45) is 5.73 Å². The Hall–Kier alpha value is -0.610. The first-order valence-corrected chi connectivity index (χ1v) is 5.19. The fourth-order valence-corrected chi connectivity index (χ4v) is 1.56. The highest BCUT2D eigenvalue weighted by Gasteiger charge is 2.38. The van der Waals surface area contributed by atoms with E-state index in [4.69, 9.17) is 10.5 Å². The Morgan fingerprint density at radius 1 is 1.79 bits per heavy atom. The number of carbonyl (C=O) groups is 1. The van der Waals surface area contributed by atoms with E-state index in [1.165, 1.54) is 0 Å². The third-order valence-corrected chi connectivity index (χ3v) is 3.07. The van der Waals surface area contributed by atoms with E-state index in [0.717, 1.165) is 6.42 Å². The van der Waals surface area contributed by atoms with E-state index < -0.39 is 6.04 Å². The highest BCUT2D eigenvalue weighted by Crippen LogP contribution is 2.24. The van der Waals surface area contributed by atoms with Gasteiger partial charge >= 0.3 is 0 Å². The van der Waals surface area contributed by atoms with Crippen LogP contribution in [0.25, 0.3) is 0 Å². The van der Waals surface area contributed by atoms with Crippen LogP contribution in [0.5, 0.6) is 0 Å². The zero-order valence-electron chi connectivity index (χ0n) is 9.17. The summed E-state index contributed by atoms with van der Waals surface area (Å²) in [4.78, 5) is 11.6. The Morgan fingerprint density at radius 3 is 2.86 bits per heavy atom. The van der Waals surface area contributed by atoms with E-state index in [1.54, 1.807) is 0 Å². The van der Waals surface area contributed by atoms with Crippen LogP contribution in [0.3, 0.4) is 0 Å². The topological polar surface area (TPSA) is 64.4 Å². The SMILES string of the molecule is CCC(N)C(=O)NC1(C)CCOC1C. The maximum absolute atomic E-state index is 11.6. The number of carbonyl (C=O) groups excluding carboxylic acids is 1. The van der Waals surface area contributed by atoms with Crippen molar-refractivity contribution in [3.63, 3.8) is 0 Å². The molecule has 1 aliphatic rings. The fraction of sp³-hybridized carbons (Fsp3) is 0.900. The lowest BCUT2D eigenvalue weighted by Crippen LogP contribution is -2.55. The third-order valence-electron chi connectivity index (χ3n) is 3.07. The van der Waals surface area contributed by atoms with Crippen molar-refractivity contribution in [3.05, 3.63) is 0 Å². The van der Waals surface area contributed by atoms with Gasteiger partial charge in [0.25, 0.3) is 0 Å². The van der Waals surface area contributed by atoms with Crippen LogP contribution >= 0.6 is 0 Å². The normalized spacial score (nSPS) is 34.1. The van der Waals surface area contributed by atoms with Crippen molar-refractivity contribution < 1.29 is 9.53 Å². The summed E-state index contributed by atoms with van der Waals surface area (Å²) in [6.45, 7) is 6.59. The molecule has 1 heterocycles. The molecule has 4 nitrogen and oxygen atoms in total. The van der Waals surface area contributed by atoms with Crippen molar-refractivity contribution in [3.8, 4) is 0 Å². The minimum Gasteiger partial charge on any atom is -0.376 e. The molecule has 14 heavy (non-hydrogen) atoms. The molecule has 1 amide bonds. The maximum atomic E-state index is 11.6. The van der Waals surface area contributed by atoms with Gasteiger partial charge in [0.1, 0.15) is 0 Å². The predicted octanol–water partition coefficient (Wildman–Crippen LogP) is 0.407. The first-order valence-electron chi connectivity index (χ1n) is 5.19. The lowest BCUT2D eigenvalue weighted by molar-refractivity contribution is -0.124. The molecule has 3 unspecified atom stereocenters. The number of amides is 1. The first kappa shape index (κ1) is 11.5. The van der Waals surface area contributed by atoms with E-state index in [9.17, 15) is 4.79 Å². The third kappa shape index (κ3) is 2.25. The average Bonchev–Trinajstić information content (AvgIpc) is 2.45. The molecule has 1 fully saturated rings. The van der Waals surface area contributed by atoms with Crippen molar-refractivity contribution >= 4 is 5.91 Å². The second-order valence-electron chi connectivity index (χ2n) is 4.18. The smallest absolute Gasteiger partial charge is 0.237 e. The lowest BCUT2D eigenvalue weighted by Gasteiger charge is -2.30. The van der Waals surface area contributed by atoms with Crippen LogP contribution in [0, 0.1) is 0 Å². The van der Waals surface area contributed by atoms with Gasteiger partial charge in [0.15, 0.2) is 0 Å².